The van der Waals surface area contributed by atoms with Crippen LogP contribution in [0.5, 0.6) is 0 Å². The van der Waals surface area contributed by atoms with E-state index in [0.717, 1.165) is 24.1 Å². The number of carbonyl (C=O) groups is 2. The second-order valence-electron chi connectivity index (χ2n) is 6.47. The highest BCUT2D eigenvalue weighted by Gasteiger charge is 2.46. The molecule has 0 radical (unpaired) electrons. The van der Waals surface area contributed by atoms with Gasteiger partial charge in [0.15, 0.2) is 0 Å². The number of esters is 1. The number of hydrogen-bond donors (Lipinski definition) is 0. The molecule has 1 aromatic rings. The van der Waals surface area contributed by atoms with Gasteiger partial charge in [-0.05, 0) is 36.3 Å². The van der Waals surface area contributed by atoms with Crippen molar-refractivity contribution >= 4 is 17.6 Å². The van der Waals surface area contributed by atoms with Gasteiger partial charge in [0.1, 0.15) is 6.04 Å². The van der Waals surface area contributed by atoms with Crippen LogP contribution in [-0.4, -0.2) is 25.0 Å². The van der Waals surface area contributed by atoms with E-state index in [1.165, 1.54) is 7.11 Å². The predicted molar refractivity (Wildman–Crippen MR) is 82.3 cm³/mol. The lowest BCUT2D eigenvalue weighted by molar-refractivity contribution is -0.143. The number of para-hydroxylation sites is 1. The van der Waals surface area contributed by atoms with Gasteiger partial charge < -0.3 is 4.74 Å². The van der Waals surface area contributed by atoms with Crippen LogP contribution >= 0.6 is 0 Å². The summed E-state index contributed by atoms with van der Waals surface area (Å²) in [7, 11) is 1.38. The molecule has 4 heteroatoms. The monoisotopic (exact) mass is 297 g/mol. The van der Waals surface area contributed by atoms with Gasteiger partial charge >= 0.3 is 5.97 Å². The van der Waals surface area contributed by atoms with Crippen LogP contribution in [0.25, 0.3) is 0 Å². The van der Waals surface area contributed by atoms with Crippen LogP contribution in [0.2, 0.25) is 0 Å². The molecule has 0 N–H and O–H groups in total. The molecule has 0 aromatic heterocycles. The minimum absolute atomic E-state index is 0.00770. The summed E-state index contributed by atoms with van der Waals surface area (Å²) in [6, 6.07) is 7.26. The Morgan fingerprint density at radius 3 is 2.68 bits per heavy atom. The van der Waals surface area contributed by atoms with E-state index in [-0.39, 0.29) is 17.8 Å². The van der Waals surface area contributed by atoms with Gasteiger partial charge in [-0.2, -0.15) is 0 Å². The molecule has 4 rings (SSSR count). The Hall–Kier alpha value is -2.10. The van der Waals surface area contributed by atoms with Crippen molar-refractivity contribution in [2.24, 2.45) is 17.8 Å². The molecule has 22 heavy (non-hydrogen) atoms. The maximum absolute atomic E-state index is 13.1. The van der Waals surface area contributed by atoms with Crippen LogP contribution in [0.3, 0.4) is 0 Å². The third-order valence-electron chi connectivity index (χ3n) is 5.28. The number of anilines is 1. The van der Waals surface area contributed by atoms with Crippen LogP contribution in [0, 0.1) is 17.8 Å². The van der Waals surface area contributed by atoms with Gasteiger partial charge in [0.2, 0.25) is 5.91 Å². The van der Waals surface area contributed by atoms with Crippen molar-refractivity contribution in [3.8, 4) is 0 Å². The molecule has 1 aromatic carbocycles. The Balaban J connectivity index is 1.68. The first-order valence-corrected chi connectivity index (χ1v) is 7.86. The average Bonchev–Trinajstić information content (AvgIpc) is 3.26. The lowest BCUT2D eigenvalue weighted by atomic mass is 9.92. The molecule has 2 aliphatic carbocycles. The lowest BCUT2D eigenvalue weighted by Gasteiger charge is -2.29. The smallest absolute Gasteiger partial charge is 0.329 e. The van der Waals surface area contributed by atoms with Crippen molar-refractivity contribution in [3.05, 3.63) is 42.0 Å². The van der Waals surface area contributed by atoms with Crippen molar-refractivity contribution in [2.45, 2.75) is 25.3 Å². The number of ether oxygens (including phenoxy) is 1. The summed E-state index contributed by atoms with van der Waals surface area (Å²) < 4.78 is 4.92. The van der Waals surface area contributed by atoms with Crippen LogP contribution in [0.15, 0.2) is 36.4 Å². The Morgan fingerprint density at radius 2 is 2.00 bits per heavy atom. The van der Waals surface area contributed by atoms with Gasteiger partial charge in [0.05, 0.1) is 7.11 Å². The van der Waals surface area contributed by atoms with E-state index >= 15 is 0 Å². The molecule has 1 fully saturated rings. The van der Waals surface area contributed by atoms with Crippen LogP contribution in [-0.2, 0) is 20.7 Å². The number of amides is 1. The highest BCUT2D eigenvalue weighted by molar-refractivity contribution is 6.03. The molecular weight excluding hydrogens is 278 g/mol. The summed E-state index contributed by atoms with van der Waals surface area (Å²) in [5.74, 6) is 0.630. The minimum atomic E-state index is -0.516. The van der Waals surface area contributed by atoms with Crippen LogP contribution in [0.1, 0.15) is 18.4 Å². The van der Waals surface area contributed by atoms with E-state index in [1.807, 2.05) is 24.3 Å². The Kier molecular flexibility index (Phi) is 3.06. The van der Waals surface area contributed by atoms with Crippen molar-refractivity contribution in [1.29, 1.82) is 0 Å². The zero-order valence-electron chi connectivity index (χ0n) is 12.6. The highest BCUT2D eigenvalue weighted by atomic mass is 16.5. The molecule has 3 aliphatic rings. The zero-order valence-corrected chi connectivity index (χ0v) is 12.6. The molecular formula is C18H19NO3. The van der Waals surface area contributed by atoms with Gasteiger partial charge in [-0.3, -0.25) is 9.69 Å². The van der Waals surface area contributed by atoms with Crippen molar-refractivity contribution in [3.63, 3.8) is 0 Å². The molecule has 0 saturated heterocycles. The van der Waals surface area contributed by atoms with Gasteiger partial charge in [-0.15, -0.1) is 0 Å². The molecule has 114 valence electrons. The second-order valence-corrected chi connectivity index (χ2v) is 6.47. The molecule has 2 bridgehead atoms. The fourth-order valence-corrected chi connectivity index (χ4v) is 4.23. The number of rotatable bonds is 2. The lowest BCUT2D eigenvalue weighted by Crippen LogP contribution is -2.47. The van der Waals surface area contributed by atoms with Crippen molar-refractivity contribution < 1.29 is 14.3 Å². The summed E-state index contributed by atoms with van der Waals surface area (Å²) in [6.07, 6.45) is 6.93. The maximum atomic E-state index is 13.1. The third-order valence-corrected chi connectivity index (χ3v) is 5.28. The van der Waals surface area contributed by atoms with Crippen molar-refractivity contribution in [1.82, 2.24) is 0 Å². The fraction of sp³-hybridized carbons (Fsp3) is 0.444. The molecule has 0 spiro atoms. The molecule has 1 aliphatic heterocycles. The number of allylic oxidation sites excluding steroid dienone is 2. The molecule has 4 nitrogen and oxygen atoms in total. The largest absolute Gasteiger partial charge is 0.467 e. The van der Waals surface area contributed by atoms with E-state index in [9.17, 15) is 9.59 Å². The first-order valence-electron chi connectivity index (χ1n) is 7.86. The van der Waals surface area contributed by atoms with E-state index in [1.54, 1.807) is 4.90 Å². The normalized spacial score (nSPS) is 31.4. The molecule has 1 amide bonds. The van der Waals surface area contributed by atoms with Gasteiger partial charge in [-0.25, -0.2) is 4.79 Å². The van der Waals surface area contributed by atoms with Gasteiger partial charge in [0, 0.05) is 18.0 Å². The van der Waals surface area contributed by atoms with Gasteiger partial charge in [0.25, 0.3) is 0 Å². The topological polar surface area (TPSA) is 46.6 Å². The third kappa shape index (κ3) is 1.90. The van der Waals surface area contributed by atoms with E-state index in [4.69, 9.17) is 4.74 Å². The quantitative estimate of drug-likeness (QED) is 0.622. The molecule has 1 saturated carbocycles. The summed E-state index contributed by atoms with van der Waals surface area (Å²) in [5.41, 5.74) is 1.92. The number of hydrogen-bond acceptors (Lipinski definition) is 3. The standard InChI is InChI=1S/C18H19NO3/c1-22-18(21)16-10-13-4-2-3-5-15(13)19(16)17(20)14-9-11-6-7-12(14)8-11/h2-7,11-12,14,16H,8-10H2,1H3/t11-,12+,14-,16+/m1/s1. The fourth-order valence-electron chi connectivity index (χ4n) is 4.23. The summed E-state index contributed by atoms with van der Waals surface area (Å²) in [5, 5.41) is 0. The average molecular weight is 297 g/mol. The Bertz CT molecular complexity index is 666. The number of methoxy groups -OCH3 is 1. The highest BCUT2D eigenvalue weighted by Crippen LogP contribution is 2.46. The number of nitrogens with zero attached hydrogens (tertiary/aromatic N) is 1. The van der Waals surface area contributed by atoms with E-state index in [0.29, 0.717) is 18.3 Å². The first-order chi connectivity index (χ1) is 10.7. The Morgan fingerprint density at radius 1 is 1.18 bits per heavy atom. The second kappa shape index (κ2) is 4.97. The van der Waals surface area contributed by atoms with Crippen LogP contribution < -0.4 is 4.90 Å². The number of fused-ring (bicyclic) bond motifs is 3. The predicted octanol–water partition coefficient (Wildman–Crippen LogP) is 2.33. The number of carbonyl (C=O) groups excluding carboxylic acids is 2. The minimum Gasteiger partial charge on any atom is -0.467 e. The summed E-state index contributed by atoms with van der Waals surface area (Å²) >= 11 is 0. The van der Waals surface area contributed by atoms with Crippen molar-refractivity contribution in [2.75, 3.05) is 12.0 Å². The molecule has 0 unspecified atom stereocenters. The zero-order chi connectivity index (χ0) is 15.3. The maximum Gasteiger partial charge on any atom is 0.329 e. The molecule has 1 heterocycles. The first kappa shape index (κ1) is 13.6. The number of benzene rings is 1. The summed E-state index contributed by atoms with van der Waals surface area (Å²) in [4.78, 5) is 27.0. The Labute approximate surface area is 129 Å². The van der Waals surface area contributed by atoms with E-state index in [2.05, 4.69) is 12.2 Å². The van der Waals surface area contributed by atoms with Gasteiger partial charge in [-0.1, -0.05) is 30.4 Å². The van der Waals surface area contributed by atoms with E-state index < -0.39 is 6.04 Å². The van der Waals surface area contributed by atoms with Crippen LogP contribution in [0.4, 0.5) is 5.69 Å². The molecule has 4 atom stereocenters. The SMILES string of the molecule is COC(=O)[C@@H]1Cc2ccccc2N1C(=O)[C@@H]1C[C@@H]2C=C[C@H]1C2. The summed E-state index contributed by atoms with van der Waals surface area (Å²) in [6.45, 7) is 0.